The lowest BCUT2D eigenvalue weighted by molar-refractivity contribution is -0.130. The van der Waals surface area contributed by atoms with Crippen LogP contribution >= 0.6 is 0 Å². The predicted octanol–water partition coefficient (Wildman–Crippen LogP) is 2.35. The molecule has 0 rings (SSSR count). The van der Waals surface area contributed by atoms with Gasteiger partial charge in [-0.2, -0.15) is 0 Å². The summed E-state index contributed by atoms with van der Waals surface area (Å²) in [5, 5.41) is 0. The third-order valence-corrected chi connectivity index (χ3v) is 2.69. The summed E-state index contributed by atoms with van der Waals surface area (Å²) in [5.41, 5.74) is 0. The van der Waals surface area contributed by atoms with Crippen molar-refractivity contribution in [1.29, 1.82) is 0 Å². The molecule has 0 spiro atoms. The maximum atomic E-state index is 11.7. The Bertz CT molecular complexity index is 214. The van der Waals surface area contributed by atoms with Crippen molar-refractivity contribution in [2.45, 2.75) is 33.1 Å². The Labute approximate surface area is 100 Å². The molecule has 0 bridgehead atoms. The third kappa shape index (κ3) is 7.32. The van der Waals surface area contributed by atoms with E-state index in [1.54, 1.807) is 6.20 Å². The van der Waals surface area contributed by atoms with Crippen LogP contribution in [-0.2, 0) is 4.79 Å². The highest BCUT2D eigenvalue weighted by molar-refractivity contribution is 5.76. The van der Waals surface area contributed by atoms with Gasteiger partial charge in [0.1, 0.15) is 0 Å². The fourth-order valence-corrected chi connectivity index (χ4v) is 1.42. The molecule has 1 amide bonds. The molecule has 0 aliphatic heterocycles. The standard InChI is InChI=1S/C13H26N2O/c1-6-14(4)11-9-13(16)15(5)10-7-8-12(2)3/h6,12H,1,7-11H2,2-5H3. The second-order valence-corrected chi connectivity index (χ2v) is 4.76. The zero-order valence-corrected chi connectivity index (χ0v) is 11.2. The van der Waals surface area contributed by atoms with Crippen LogP contribution < -0.4 is 0 Å². The first kappa shape index (κ1) is 15.0. The molecule has 0 aromatic rings. The summed E-state index contributed by atoms with van der Waals surface area (Å²) in [6.07, 6.45) is 4.59. The van der Waals surface area contributed by atoms with E-state index < -0.39 is 0 Å². The van der Waals surface area contributed by atoms with Crippen LogP contribution in [0.25, 0.3) is 0 Å². The van der Waals surface area contributed by atoms with Gasteiger partial charge in [-0.1, -0.05) is 20.4 Å². The molecule has 3 nitrogen and oxygen atoms in total. The number of amides is 1. The Kier molecular flexibility index (Phi) is 7.69. The molecule has 0 saturated carbocycles. The van der Waals surface area contributed by atoms with Crippen LogP contribution in [-0.4, -0.2) is 42.9 Å². The van der Waals surface area contributed by atoms with E-state index in [2.05, 4.69) is 20.4 Å². The monoisotopic (exact) mass is 226 g/mol. The molecule has 94 valence electrons. The predicted molar refractivity (Wildman–Crippen MR) is 69.2 cm³/mol. The van der Waals surface area contributed by atoms with Crippen LogP contribution in [0.15, 0.2) is 12.8 Å². The summed E-state index contributed by atoms with van der Waals surface area (Å²) in [6, 6.07) is 0. The Morgan fingerprint density at radius 2 is 1.94 bits per heavy atom. The molecule has 0 aliphatic carbocycles. The average Bonchev–Trinajstić information content (AvgIpc) is 2.24. The van der Waals surface area contributed by atoms with Crippen molar-refractivity contribution in [3.05, 3.63) is 12.8 Å². The molecule has 0 N–H and O–H groups in total. The number of hydrogen-bond acceptors (Lipinski definition) is 2. The van der Waals surface area contributed by atoms with Crippen molar-refractivity contribution >= 4 is 5.91 Å². The van der Waals surface area contributed by atoms with Gasteiger partial charge >= 0.3 is 0 Å². The van der Waals surface area contributed by atoms with Crippen LogP contribution in [0.2, 0.25) is 0 Å². The molecule has 0 saturated heterocycles. The normalized spacial score (nSPS) is 10.3. The molecule has 3 heteroatoms. The number of hydrogen-bond donors (Lipinski definition) is 0. The zero-order chi connectivity index (χ0) is 12.6. The second-order valence-electron chi connectivity index (χ2n) is 4.76. The molecular weight excluding hydrogens is 200 g/mol. The van der Waals surface area contributed by atoms with Crippen molar-refractivity contribution in [2.24, 2.45) is 5.92 Å². The highest BCUT2D eigenvalue weighted by atomic mass is 16.2. The fraction of sp³-hybridized carbons (Fsp3) is 0.769. The van der Waals surface area contributed by atoms with Gasteiger partial charge in [0.15, 0.2) is 0 Å². The SMILES string of the molecule is C=CN(C)CCC(=O)N(C)CCCC(C)C. The number of rotatable bonds is 8. The molecule has 0 atom stereocenters. The zero-order valence-electron chi connectivity index (χ0n) is 11.2. The molecule has 0 fully saturated rings. The van der Waals surface area contributed by atoms with E-state index in [-0.39, 0.29) is 5.91 Å². The summed E-state index contributed by atoms with van der Waals surface area (Å²) >= 11 is 0. The van der Waals surface area contributed by atoms with Crippen molar-refractivity contribution < 1.29 is 4.79 Å². The van der Waals surface area contributed by atoms with E-state index in [1.165, 1.54) is 6.42 Å². The van der Waals surface area contributed by atoms with Crippen LogP contribution in [0.3, 0.4) is 0 Å². The molecule has 0 aromatic heterocycles. The van der Waals surface area contributed by atoms with Gasteiger partial charge in [-0.15, -0.1) is 0 Å². The van der Waals surface area contributed by atoms with E-state index in [1.807, 2.05) is 23.9 Å². The minimum absolute atomic E-state index is 0.220. The topological polar surface area (TPSA) is 23.6 Å². The molecule has 0 heterocycles. The van der Waals surface area contributed by atoms with Crippen molar-refractivity contribution in [1.82, 2.24) is 9.80 Å². The molecule has 16 heavy (non-hydrogen) atoms. The van der Waals surface area contributed by atoms with E-state index in [0.717, 1.165) is 25.4 Å². The minimum Gasteiger partial charge on any atom is -0.380 e. The average molecular weight is 226 g/mol. The Balaban J connectivity index is 3.69. The lowest BCUT2D eigenvalue weighted by Crippen LogP contribution is -2.30. The van der Waals surface area contributed by atoms with Gasteiger partial charge in [0.25, 0.3) is 0 Å². The first-order valence-electron chi connectivity index (χ1n) is 6.04. The van der Waals surface area contributed by atoms with Crippen molar-refractivity contribution in [2.75, 3.05) is 27.2 Å². The Morgan fingerprint density at radius 1 is 1.31 bits per heavy atom. The Morgan fingerprint density at radius 3 is 2.44 bits per heavy atom. The van der Waals surface area contributed by atoms with Gasteiger partial charge in [0.05, 0.1) is 0 Å². The van der Waals surface area contributed by atoms with Gasteiger partial charge in [0, 0.05) is 33.6 Å². The number of carbonyl (C=O) groups excluding carboxylic acids is 1. The number of carbonyl (C=O) groups is 1. The second kappa shape index (κ2) is 8.20. The highest BCUT2D eigenvalue weighted by Crippen LogP contribution is 2.04. The lowest BCUT2D eigenvalue weighted by Gasteiger charge is -2.19. The molecule has 0 aliphatic rings. The first-order valence-corrected chi connectivity index (χ1v) is 6.04. The van der Waals surface area contributed by atoms with E-state index >= 15 is 0 Å². The van der Waals surface area contributed by atoms with Crippen LogP contribution in [0.1, 0.15) is 33.1 Å². The molecule has 0 aromatic carbocycles. The van der Waals surface area contributed by atoms with Crippen LogP contribution in [0, 0.1) is 5.92 Å². The maximum absolute atomic E-state index is 11.7. The van der Waals surface area contributed by atoms with Gasteiger partial charge in [-0.3, -0.25) is 4.79 Å². The van der Waals surface area contributed by atoms with E-state index in [9.17, 15) is 4.79 Å². The lowest BCUT2D eigenvalue weighted by atomic mass is 10.1. The fourth-order valence-electron chi connectivity index (χ4n) is 1.42. The number of nitrogens with zero attached hydrogens (tertiary/aromatic N) is 2. The molecular formula is C13H26N2O. The highest BCUT2D eigenvalue weighted by Gasteiger charge is 2.08. The first-order chi connectivity index (χ1) is 7.47. The quantitative estimate of drug-likeness (QED) is 0.634. The van der Waals surface area contributed by atoms with E-state index in [0.29, 0.717) is 6.42 Å². The van der Waals surface area contributed by atoms with Crippen LogP contribution in [0.4, 0.5) is 0 Å². The minimum atomic E-state index is 0.220. The summed E-state index contributed by atoms with van der Waals surface area (Å²) < 4.78 is 0. The smallest absolute Gasteiger partial charge is 0.224 e. The maximum Gasteiger partial charge on any atom is 0.224 e. The molecule has 0 radical (unpaired) electrons. The van der Waals surface area contributed by atoms with Gasteiger partial charge in [0.2, 0.25) is 5.91 Å². The summed E-state index contributed by atoms with van der Waals surface area (Å²) in [4.78, 5) is 15.5. The largest absolute Gasteiger partial charge is 0.380 e. The summed E-state index contributed by atoms with van der Waals surface area (Å²) in [7, 11) is 3.82. The summed E-state index contributed by atoms with van der Waals surface area (Å²) in [5.74, 6) is 0.938. The van der Waals surface area contributed by atoms with Gasteiger partial charge < -0.3 is 9.80 Å². The summed E-state index contributed by atoms with van der Waals surface area (Å²) in [6.45, 7) is 9.69. The van der Waals surface area contributed by atoms with Gasteiger partial charge in [-0.25, -0.2) is 0 Å². The third-order valence-electron chi connectivity index (χ3n) is 2.69. The molecule has 0 unspecified atom stereocenters. The van der Waals surface area contributed by atoms with Crippen molar-refractivity contribution in [3.63, 3.8) is 0 Å². The van der Waals surface area contributed by atoms with Crippen molar-refractivity contribution in [3.8, 4) is 0 Å². The van der Waals surface area contributed by atoms with Gasteiger partial charge in [-0.05, 0) is 25.0 Å². The van der Waals surface area contributed by atoms with Crippen LogP contribution in [0.5, 0.6) is 0 Å². The van der Waals surface area contributed by atoms with E-state index in [4.69, 9.17) is 0 Å². The Hall–Kier alpha value is -0.990.